The quantitative estimate of drug-likeness (QED) is 0.464. The zero-order valence-electron chi connectivity index (χ0n) is 13.5. The number of hydrogen-bond acceptors (Lipinski definition) is 5. The molecule has 0 saturated heterocycles. The van der Waals surface area contributed by atoms with Crippen LogP contribution in [0.25, 0.3) is 0 Å². The van der Waals surface area contributed by atoms with Gasteiger partial charge in [-0.05, 0) is 42.2 Å². The van der Waals surface area contributed by atoms with Crippen LogP contribution in [0, 0.1) is 5.41 Å². The van der Waals surface area contributed by atoms with E-state index < -0.39 is 35.8 Å². The Labute approximate surface area is 144 Å². The van der Waals surface area contributed by atoms with Gasteiger partial charge in [0, 0.05) is 10.9 Å². The van der Waals surface area contributed by atoms with Crippen LogP contribution in [0.2, 0.25) is 0 Å². The summed E-state index contributed by atoms with van der Waals surface area (Å²) in [6.45, 7) is 7.12. The molecule has 0 bridgehead atoms. The van der Waals surface area contributed by atoms with Crippen molar-refractivity contribution in [2.75, 3.05) is 0 Å². The smallest absolute Gasteiger partial charge is 0.329 e. The van der Waals surface area contributed by atoms with Gasteiger partial charge in [0.1, 0.15) is 5.03 Å². The highest BCUT2D eigenvalue weighted by Gasteiger charge is 2.51. The molecule has 0 aromatic carbocycles. The Morgan fingerprint density at radius 2 is 1.91 bits per heavy atom. The average molecular weight is 379 g/mol. The number of aliphatic carboxylic acids is 1. The summed E-state index contributed by atoms with van der Waals surface area (Å²) in [7, 11) is -1.73. The first kappa shape index (κ1) is 20.5. The molecule has 0 aliphatic carbocycles. The van der Waals surface area contributed by atoms with Gasteiger partial charge < -0.3 is 14.9 Å². The van der Waals surface area contributed by atoms with Crippen LogP contribution < -0.4 is 0 Å². The van der Waals surface area contributed by atoms with Gasteiger partial charge in [0.2, 0.25) is 0 Å². The van der Waals surface area contributed by atoms with Crippen LogP contribution in [0.5, 0.6) is 0 Å². The fraction of sp³-hybridized carbons (Fsp3) is 0.571. The number of carbonyl (C=O) groups is 1. The zero-order valence-corrected chi connectivity index (χ0v) is 16.0. The molecule has 0 spiro atoms. The minimum absolute atomic E-state index is 0.574. The van der Waals surface area contributed by atoms with Gasteiger partial charge in [0.25, 0.3) is 0 Å². The largest absolute Gasteiger partial charge is 0.481 e. The van der Waals surface area contributed by atoms with Crippen LogP contribution in [0.3, 0.4) is 0 Å². The molecule has 0 fully saturated rings. The lowest BCUT2D eigenvalue weighted by Crippen LogP contribution is -2.45. The first-order chi connectivity index (χ1) is 10.4. The Hall–Kier alpha value is -0.530. The SMILES string of the molecule is CC(C)(SSc1ccccn1)C(C)(C)C(CC(=O)O)P(=O)(O)O. The van der Waals surface area contributed by atoms with Gasteiger partial charge in [-0.1, -0.05) is 30.7 Å². The zero-order chi connectivity index (χ0) is 17.9. The molecule has 1 unspecified atom stereocenters. The highest BCUT2D eigenvalue weighted by molar-refractivity contribution is 8.77. The predicted molar refractivity (Wildman–Crippen MR) is 93.6 cm³/mol. The highest BCUT2D eigenvalue weighted by Crippen LogP contribution is 2.60. The first-order valence-corrected chi connectivity index (χ1v) is 10.7. The third-order valence-corrected chi connectivity index (χ3v) is 9.22. The maximum absolute atomic E-state index is 11.8. The van der Waals surface area contributed by atoms with Crippen molar-refractivity contribution in [3.8, 4) is 0 Å². The fourth-order valence-electron chi connectivity index (χ4n) is 2.01. The molecule has 0 radical (unpaired) electrons. The van der Waals surface area contributed by atoms with Crippen molar-refractivity contribution in [2.45, 2.75) is 49.5 Å². The van der Waals surface area contributed by atoms with Crippen LogP contribution in [0.1, 0.15) is 34.1 Å². The van der Waals surface area contributed by atoms with Crippen molar-refractivity contribution >= 4 is 35.2 Å². The summed E-state index contributed by atoms with van der Waals surface area (Å²) in [6.07, 6.45) is 1.10. The number of carboxylic acid groups (broad SMARTS) is 1. The maximum atomic E-state index is 11.8. The van der Waals surface area contributed by atoms with Gasteiger partial charge in [-0.3, -0.25) is 9.36 Å². The third-order valence-electron chi connectivity index (χ3n) is 4.13. The molecule has 0 saturated carbocycles. The van der Waals surface area contributed by atoms with Gasteiger partial charge in [0.15, 0.2) is 0 Å². The van der Waals surface area contributed by atoms with Gasteiger partial charge in [-0.2, -0.15) is 0 Å². The Morgan fingerprint density at radius 3 is 2.35 bits per heavy atom. The van der Waals surface area contributed by atoms with Crippen LogP contribution in [-0.2, 0) is 9.36 Å². The summed E-state index contributed by atoms with van der Waals surface area (Å²) in [6, 6.07) is 5.51. The molecule has 1 aromatic heterocycles. The van der Waals surface area contributed by atoms with E-state index in [1.807, 2.05) is 26.0 Å². The summed E-state index contributed by atoms with van der Waals surface area (Å²) in [5.41, 5.74) is -2.18. The summed E-state index contributed by atoms with van der Waals surface area (Å²) in [5, 5.41) is 9.80. The number of rotatable bonds is 8. The van der Waals surface area contributed by atoms with E-state index in [0.29, 0.717) is 0 Å². The summed E-state index contributed by atoms with van der Waals surface area (Å²) in [5.74, 6) is -1.22. The van der Waals surface area contributed by atoms with Crippen LogP contribution in [0.15, 0.2) is 29.4 Å². The van der Waals surface area contributed by atoms with Crippen molar-refractivity contribution in [1.82, 2.24) is 4.98 Å². The number of pyridine rings is 1. The van der Waals surface area contributed by atoms with E-state index >= 15 is 0 Å². The lowest BCUT2D eigenvalue weighted by molar-refractivity contribution is -0.137. The second kappa shape index (κ2) is 7.57. The van der Waals surface area contributed by atoms with Crippen LogP contribution in [-0.4, -0.2) is 36.3 Å². The first-order valence-electron chi connectivity index (χ1n) is 6.91. The molecule has 1 heterocycles. The van der Waals surface area contributed by atoms with E-state index in [1.165, 1.54) is 21.6 Å². The standard InChI is InChI=1S/C14H22NO5PS2/c1-13(2,10(9-12(16)17)21(18,19)20)14(3,4)23-22-11-7-5-6-8-15-11/h5-8,10H,9H2,1-4H3,(H,16,17)(H2,18,19,20). The van der Waals surface area contributed by atoms with E-state index in [-0.39, 0.29) is 0 Å². The third kappa shape index (κ3) is 5.50. The van der Waals surface area contributed by atoms with Crippen LogP contribution in [0.4, 0.5) is 0 Å². The summed E-state index contributed by atoms with van der Waals surface area (Å²) >= 11 is 0. The van der Waals surface area contributed by atoms with E-state index in [0.717, 1.165) is 5.03 Å². The topological polar surface area (TPSA) is 108 Å². The molecule has 1 atom stereocenters. The molecule has 1 rings (SSSR count). The Morgan fingerprint density at radius 1 is 1.30 bits per heavy atom. The average Bonchev–Trinajstić information content (AvgIpc) is 2.42. The minimum atomic E-state index is -4.56. The van der Waals surface area contributed by atoms with Crippen LogP contribution >= 0.6 is 29.2 Å². The van der Waals surface area contributed by atoms with E-state index in [2.05, 4.69) is 4.98 Å². The fourth-order valence-corrected chi connectivity index (χ4v) is 6.37. The molecule has 1 aromatic rings. The molecule has 0 aliphatic heterocycles. The number of nitrogens with zero attached hydrogens (tertiary/aromatic N) is 1. The van der Waals surface area contributed by atoms with Gasteiger partial charge in [-0.15, -0.1) is 0 Å². The van der Waals surface area contributed by atoms with E-state index in [9.17, 15) is 19.1 Å². The molecular formula is C14H22NO5PS2. The Kier molecular flexibility index (Phi) is 6.75. The maximum Gasteiger partial charge on any atom is 0.329 e. The van der Waals surface area contributed by atoms with E-state index in [4.69, 9.17) is 5.11 Å². The predicted octanol–water partition coefficient (Wildman–Crippen LogP) is 3.65. The van der Waals surface area contributed by atoms with Gasteiger partial charge >= 0.3 is 13.6 Å². The lowest BCUT2D eigenvalue weighted by Gasteiger charge is -2.45. The molecule has 23 heavy (non-hydrogen) atoms. The number of carboxylic acids is 1. The second-order valence-electron chi connectivity index (χ2n) is 6.27. The van der Waals surface area contributed by atoms with Crippen molar-refractivity contribution in [3.63, 3.8) is 0 Å². The van der Waals surface area contributed by atoms with Crippen molar-refractivity contribution < 1.29 is 24.3 Å². The van der Waals surface area contributed by atoms with Gasteiger partial charge in [0.05, 0.1) is 12.1 Å². The number of hydrogen-bond donors (Lipinski definition) is 3. The highest BCUT2D eigenvalue weighted by atomic mass is 33.1. The molecular weight excluding hydrogens is 357 g/mol. The molecule has 6 nitrogen and oxygen atoms in total. The van der Waals surface area contributed by atoms with Crippen molar-refractivity contribution in [1.29, 1.82) is 0 Å². The minimum Gasteiger partial charge on any atom is -0.481 e. The molecule has 9 heteroatoms. The van der Waals surface area contributed by atoms with Gasteiger partial charge in [-0.25, -0.2) is 4.98 Å². The Balaban J connectivity index is 3.00. The molecule has 0 amide bonds. The van der Waals surface area contributed by atoms with E-state index in [1.54, 1.807) is 26.1 Å². The molecule has 130 valence electrons. The van der Waals surface area contributed by atoms with Crippen molar-refractivity contribution in [2.24, 2.45) is 5.41 Å². The normalized spacial score (nSPS) is 14.5. The summed E-state index contributed by atoms with van der Waals surface area (Å²) < 4.78 is 11.2. The summed E-state index contributed by atoms with van der Waals surface area (Å²) in [4.78, 5) is 34.5. The Bertz CT molecular complexity index is 588. The monoisotopic (exact) mass is 379 g/mol. The number of aromatic nitrogens is 1. The lowest BCUT2D eigenvalue weighted by atomic mass is 9.76. The molecule has 0 aliphatic rings. The second-order valence-corrected chi connectivity index (χ2v) is 10.8. The molecule has 3 N–H and O–H groups in total. The van der Waals surface area contributed by atoms with Crippen molar-refractivity contribution in [3.05, 3.63) is 24.4 Å².